The molecule has 3 heterocycles. The first-order valence-electron chi connectivity index (χ1n) is 11.6. The second kappa shape index (κ2) is 9.74. The first-order chi connectivity index (χ1) is 16.9. The molecule has 0 bridgehead atoms. The fourth-order valence-corrected chi connectivity index (χ4v) is 4.24. The average Bonchev–Trinajstić information content (AvgIpc) is 3.61. The SMILES string of the molecule is O=C(NCCN1CCOCC1)c1cnn(-c2nccc(-c3ccccc3C(F)(F)F)n2)c1C1CC1. The maximum absolute atomic E-state index is 13.5. The molecule has 0 radical (unpaired) electrons. The number of alkyl halides is 3. The summed E-state index contributed by atoms with van der Waals surface area (Å²) in [6, 6.07) is 6.73. The van der Waals surface area contributed by atoms with Crippen molar-refractivity contribution in [3.05, 3.63) is 59.5 Å². The van der Waals surface area contributed by atoms with E-state index in [1.807, 2.05) is 0 Å². The number of morpholine rings is 1. The summed E-state index contributed by atoms with van der Waals surface area (Å²) in [4.78, 5) is 23.8. The van der Waals surface area contributed by atoms with Crippen LogP contribution in [0.4, 0.5) is 13.2 Å². The van der Waals surface area contributed by atoms with Crippen LogP contribution < -0.4 is 5.32 Å². The van der Waals surface area contributed by atoms with Crippen LogP contribution in [-0.4, -0.2) is 69.9 Å². The lowest BCUT2D eigenvalue weighted by Gasteiger charge is -2.26. The molecule has 8 nitrogen and oxygen atoms in total. The largest absolute Gasteiger partial charge is 0.417 e. The van der Waals surface area contributed by atoms with Crippen LogP contribution in [0.15, 0.2) is 42.7 Å². The molecular formula is C24H25F3N6O2. The van der Waals surface area contributed by atoms with E-state index >= 15 is 0 Å². The number of aromatic nitrogens is 4. The van der Waals surface area contributed by atoms with Gasteiger partial charge >= 0.3 is 6.18 Å². The predicted molar refractivity (Wildman–Crippen MR) is 121 cm³/mol. The van der Waals surface area contributed by atoms with E-state index in [-0.39, 0.29) is 29.0 Å². The van der Waals surface area contributed by atoms with Crippen molar-refractivity contribution in [2.45, 2.75) is 24.9 Å². The van der Waals surface area contributed by atoms with Crippen molar-refractivity contribution in [1.29, 1.82) is 0 Å². The van der Waals surface area contributed by atoms with Crippen LogP contribution in [0.3, 0.4) is 0 Å². The monoisotopic (exact) mass is 486 g/mol. The summed E-state index contributed by atoms with van der Waals surface area (Å²) in [6.45, 7) is 4.29. The van der Waals surface area contributed by atoms with E-state index in [2.05, 4.69) is 25.3 Å². The zero-order chi connectivity index (χ0) is 24.4. The summed E-state index contributed by atoms with van der Waals surface area (Å²) in [5, 5.41) is 7.31. The van der Waals surface area contributed by atoms with E-state index in [1.165, 1.54) is 41.3 Å². The van der Waals surface area contributed by atoms with Crippen molar-refractivity contribution in [2.75, 3.05) is 39.4 Å². The molecule has 11 heteroatoms. The van der Waals surface area contributed by atoms with Gasteiger partial charge in [-0.05, 0) is 25.0 Å². The highest BCUT2D eigenvalue weighted by molar-refractivity contribution is 5.95. The summed E-state index contributed by atoms with van der Waals surface area (Å²) in [5.41, 5.74) is 0.462. The van der Waals surface area contributed by atoms with E-state index in [9.17, 15) is 18.0 Å². The maximum atomic E-state index is 13.5. The van der Waals surface area contributed by atoms with Gasteiger partial charge in [0.15, 0.2) is 0 Å². The Bertz CT molecular complexity index is 1200. The van der Waals surface area contributed by atoms with Gasteiger partial charge in [0.1, 0.15) is 0 Å². The van der Waals surface area contributed by atoms with Crippen molar-refractivity contribution in [1.82, 2.24) is 30.0 Å². The smallest absolute Gasteiger partial charge is 0.379 e. The Morgan fingerprint density at radius 2 is 1.91 bits per heavy atom. The Hall–Kier alpha value is -3.31. The van der Waals surface area contributed by atoms with E-state index in [1.54, 1.807) is 0 Å². The van der Waals surface area contributed by atoms with Gasteiger partial charge in [-0.3, -0.25) is 9.69 Å². The van der Waals surface area contributed by atoms with Crippen LogP contribution in [-0.2, 0) is 10.9 Å². The first kappa shape index (κ1) is 23.4. The predicted octanol–water partition coefficient (Wildman–Crippen LogP) is 3.29. The third kappa shape index (κ3) is 5.20. The molecule has 0 unspecified atom stereocenters. The van der Waals surface area contributed by atoms with Crippen LogP contribution in [0.1, 0.15) is 40.4 Å². The first-order valence-corrected chi connectivity index (χ1v) is 11.6. The van der Waals surface area contributed by atoms with Gasteiger partial charge < -0.3 is 10.1 Å². The van der Waals surface area contributed by atoms with Crippen molar-refractivity contribution < 1.29 is 22.7 Å². The minimum atomic E-state index is -4.51. The van der Waals surface area contributed by atoms with Gasteiger partial charge in [0.25, 0.3) is 11.9 Å². The molecule has 1 amide bonds. The number of hydrogen-bond donors (Lipinski definition) is 1. The molecular weight excluding hydrogens is 461 g/mol. The third-order valence-electron chi connectivity index (χ3n) is 6.17. The van der Waals surface area contributed by atoms with Crippen molar-refractivity contribution >= 4 is 5.91 Å². The van der Waals surface area contributed by atoms with E-state index < -0.39 is 11.7 Å². The van der Waals surface area contributed by atoms with Crippen LogP contribution in [0, 0.1) is 0 Å². The minimum Gasteiger partial charge on any atom is -0.379 e. The molecule has 35 heavy (non-hydrogen) atoms. The van der Waals surface area contributed by atoms with E-state index in [0.717, 1.165) is 38.5 Å². The van der Waals surface area contributed by atoms with Gasteiger partial charge in [-0.1, -0.05) is 18.2 Å². The number of nitrogens with one attached hydrogen (secondary N) is 1. The zero-order valence-corrected chi connectivity index (χ0v) is 19.0. The van der Waals surface area contributed by atoms with Crippen LogP contribution >= 0.6 is 0 Å². The van der Waals surface area contributed by atoms with Gasteiger partial charge in [0, 0.05) is 43.9 Å². The van der Waals surface area contributed by atoms with Gasteiger partial charge in [0.2, 0.25) is 0 Å². The molecule has 0 atom stereocenters. The minimum absolute atomic E-state index is 0.0372. The number of carbonyl (C=O) groups excluding carboxylic acids is 1. The molecule has 2 fully saturated rings. The maximum Gasteiger partial charge on any atom is 0.417 e. The molecule has 5 rings (SSSR count). The lowest BCUT2D eigenvalue weighted by Crippen LogP contribution is -2.41. The Balaban J connectivity index is 1.39. The molecule has 1 aliphatic heterocycles. The molecule has 184 valence electrons. The number of nitrogens with zero attached hydrogens (tertiary/aromatic N) is 5. The Morgan fingerprint density at radius 1 is 1.14 bits per heavy atom. The van der Waals surface area contributed by atoms with Gasteiger partial charge in [-0.25, -0.2) is 14.6 Å². The molecule has 0 spiro atoms. The Labute approximate surface area is 200 Å². The Morgan fingerprint density at radius 3 is 2.66 bits per heavy atom. The van der Waals surface area contributed by atoms with Crippen LogP contribution in [0.25, 0.3) is 17.2 Å². The lowest BCUT2D eigenvalue weighted by atomic mass is 10.0. The number of carbonyl (C=O) groups is 1. The third-order valence-corrected chi connectivity index (χ3v) is 6.17. The zero-order valence-electron chi connectivity index (χ0n) is 19.0. The summed E-state index contributed by atoms with van der Waals surface area (Å²) >= 11 is 0. The number of amides is 1. The molecule has 1 aliphatic carbocycles. The van der Waals surface area contributed by atoms with E-state index in [0.29, 0.717) is 31.0 Å². The molecule has 1 N–H and O–H groups in total. The number of rotatable bonds is 7. The number of halogens is 3. The van der Waals surface area contributed by atoms with Crippen LogP contribution in [0.2, 0.25) is 0 Å². The number of ether oxygens (including phenoxy) is 1. The van der Waals surface area contributed by atoms with Gasteiger partial charge in [-0.15, -0.1) is 0 Å². The molecule has 2 aromatic heterocycles. The summed E-state index contributed by atoms with van der Waals surface area (Å²) in [6.07, 6.45) is 0.175. The normalized spacial score (nSPS) is 16.9. The second-order valence-electron chi connectivity index (χ2n) is 8.62. The van der Waals surface area contributed by atoms with E-state index in [4.69, 9.17) is 4.74 Å². The highest BCUT2D eigenvalue weighted by Crippen LogP contribution is 2.42. The molecule has 1 aromatic carbocycles. The highest BCUT2D eigenvalue weighted by Gasteiger charge is 2.35. The van der Waals surface area contributed by atoms with Crippen LogP contribution in [0.5, 0.6) is 0 Å². The summed E-state index contributed by atoms with van der Waals surface area (Å²) in [7, 11) is 0. The van der Waals surface area contributed by atoms with Crippen molar-refractivity contribution in [3.63, 3.8) is 0 Å². The number of hydrogen-bond acceptors (Lipinski definition) is 6. The van der Waals surface area contributed by atoms with Gasteiger partial charge in [-0.2, -0.15) is 18.3 Å². The topological polar surface area (TPSA) is 85.2 Å². The molecule has 1 saturated carbocycles. The van der Waals surface area contributed by atoms with Crippen molar-refractivity contribution in [3.8, 4) is 17.2 Å². The molecule has 1 saturated heterocycles. The fourth-order valence-electron chi connectivity index (χ4n) is 4.24. The molecule has 3 aromatic rings. The van der Waals surface area contributed by atoms with Crippen molar-refractivity contribution in [2.24, 2.45) is 0 Å². The Kier molecular flexibility index (Phi) is 6.52. The fraction of sp³-hybridized carbons (Fsp3) is 0.417. The molecule has 2 aliphatic rings. The summed E-state index contributed by atoms with van der Waals surface area (Å²) < 4.78 is 47.4. The number of benzene rings is 1. The highest BCUT2D eigenvalue weighted by atomic mass is 19.4. The second-order valence-corrected chi connectivity index (χ2v) is 8.62. The van der Waals surface area contributed by atoms with Gasteiger partial charge in [0.05, 0.1) is 41.9 Å². The quantitative estimate of drug-likeness (QED) is 0.552. The lowest BCUT2D eigenvalue weighted by molar-refractivity contribution is -0.137. The standard InChI is InChI=1S/C24H25F3N6O2/c25-24(26,27)19-4-2-1-3-17(19)20-7-8-29-23(31-20)33-21(16-5-6-16)18(15-30-33)22(34)28-9-10-32-11-13-35-14-12-32/h1-4,7-8,15-16H,5-6,9-14H2,(H,28,34). The average molecular weight is 486 g/mol. The summed E-state index contributed by atoms with van der Waals surface area (Å²) in [5.74, 6) is 0.0333.